The summed E-state index contributed by atoms with van der Waals surface area (Å²) < 4.78 is 11.7. The molecule has 0 aromatic heterocycles. The molecule has 7 heteroatoms. The van der Waals surface area contributed by atoms with E-state index in [1.807, 2.05) is 50.2 Å². The summed E-state index contributed by atoms with van der Waals surface area (Å²) in [5.41, 5.74) is 0.895. The van der Waals surface area contributed by atoms with E-state index in [2.05, 4.69) is 21.2 Å². The molecule has 2 rings (SSSR count). The lowest BCUT2D eigenvalue weighted by Gasteiger charge is -2.29. The smallest absolute Gasteiger partial charge is 0.261 e. The van der Waals surface area contributed by atoms with E-state index >= 15 is 0 Å². The molecule has 0 aliphatic carbocycles. The standard InChI is InChI=1S/C22H27BrN2O4/c1-15(2)24-22(27)16(3)25(13-17-5-9-19(28-4)10-6-17)21(26)14-29-20-11-7-18(23)8-12-20/h5-12,15-16H,13-14H2,1-4H3,(H,24,27). The normalized spacial score (nSPS) is 11.7. The number of benzene rings is 2. The number of hydrogen-bond donors (Lipinski definition) is 1. The van der Waals surface area contributed by atoms with Gasteiger partial charge in [0.1, 0.15) is 17.5 Å². The maximum Gasteiger partial charge on any atom is 0.261 e. The van der Waals surface area contributed by atoms with Crippen molar-refractivity contribution in [3.8, 4) is 11.5 Å². The van der Waals surface area contributed by atoms with E-state index in [1.165, 1.54) is 4.90 Å². The van der Waals surface area contributed by atoms with Crippen LogP contribution in [0.1, 0.15) is 26.3 Å². The zero-order chi connectivity index (χ0) is 21.4. The van der Waals surface area contributed by atoms with Crippen LogP contribution in [0.4, 0.5) is 0 Å². The first-order valence-corrected chi connectivity index (χ1v) is 10.2. The number of rotatable bonds is 9. The molecule has 1 unspecified atom stereocenters. The molecular formula is C22H27BrN2O4. The Balaban J connectivity index is 2.13. The lowest BCUT2D eigenvalue weighted by molar-refractivity contribution is -0.142. The molecule has 1 N–H and O–H groups in total. The van der Waals surface area contributed by atoms with Gasteiger partial charge in [0, 0.05) is 17.1 Å². The monoisotopic (exact) mass is 462 g/mol. The Morgan fingerprint density at radius 3 is 2.14 bits per heavy atom. The maximum absolute atomic E-state index is 12.9. The molecule has 1 atom stereocenters. The Bertz CT molecular complexity index is 807. The number of carbonyl (C=O) groups excluding carboxylic acids is 2. The maximum atomic E-state index is 12.9. The molecule has 0 fully saturated rings. The first kappa shape index (κ1) is 22.7. The van der Waals surface area contributed by atoms with Crippen molar-refractivity contribution in [2.24, 2.45) is 0 Å². The fourth-order valence-electron chi connectivity index (χ4n) is 2.67. The third kappa shape index (κ3) is 7.09. The van der Waals surface area contributed by atoms with Gasteiger partial charge >= 0.3 is 0 Å². The van der Waals surface area contributed by atoms with Crippen molar-refractivity contribution in [3.63, 3.8) is 0 Å². The number of halogens is 1. The topological polar surface area (TPSA) is 67.9 Å². The molecule has 0 saturated carbocycles. The second kappa shape index (κ2) is 10.9. The van der Waals surface area contributed by atoms with Gasteiger partial charge in [-0.2, -0.15) is 0 Å². The first-order valence-electron chi connectivity index (χ1n) is 9.41. The summed E-state index contributed by atoms with van der Waals surface area (Å²) in [6.07, 6.45) is 0. The summed E-state index contributed by atoms with van der Waals surface area (Å²) >= 11 is 3.37. The minimum absolute atomic E-state index is 0.0121. The van der Waals surface area contributed by atoms with Crippen LogP contribution in [0.15, 0.2) is 53.0 Å². The van der Waals surface area contributed by atoms with E-state index in [0.29, 0.717) is 12.3 Å². The van der Waals surface area contributed by atoms with Crippen molar-refractivity contribution in [2.75, 3.05) is 13.7 Å². The third-order valence-corrected chi connectivity index (χ3v) is 4.81. The van der Waals surface area contributed by atoms with E-state index in [-0.39, 0.29) is 24.5 Å². The molecule has 0 heterocycles. The number of nitrogens with one attached hydrogen (secondary N) is 1. The van der Waals surface area contributed by atoms with Gasteiger partial charge in [0.25, 0.3) is 5.91 Å². The number of hydrogen-bond acceptors (Lipinski definition) is 4. The van der Waals surface area contributed by atoms with Crippen LogP contribution >= 0.6 is 15.9 Å². The van der Waals surface area contributed by atoms with Crippen LogP contribution in [0.3, 0.4) is 0 Å². The summed E-state index contributed by atoms with van der Waals surface area (Å²) in [4.78, 5) is 27.0. The van der Waals surface area contributed by atoms with Gasteiger partial charge in [0.2, 0.25) is 5.91 Å². The first-order chi connectivity index (χ1) is 13.8. The predicted molar refractivity (Wildman–Crippen MR) is 116 cm³/mol. The molecule has 2 aromatic rings. The Morgan fingerprint density at radius 1 is 1.00 bits per heavy atom. The lowest BCUT2D eigenvalue weighted by atomic mass is 10.1. The zero-order valence-electron chi connectivity index (χ0n) is 17.1. The van der Waals surface area contributed by atoms with Crippen LogP contribution in [-0.4, -0.2) is 42.5 Å². The van der Waals surface area contributed by atoms with Gasteiger partial charge in [-0.05, 0) is 62.7 Å². The summed E-state index contributed by atoms with van der Waals surface area (Å²) in [6, 6.07) is 14.0. The van der Waals surface area contributed by atoms with Crippen LogP contribution in [0.5, 0.6) is 11.5 Å². The Labute approximate surface area is 180 Å². The average molecular weight is 463 g/mol. The second-order valence-corrected chi connectivity index (χ2v) is 7.87. The predicted octanol–water partition coefficient (Wildman–Crippen LogP) is 3.78. The summed E-state index contributed by atoms with van der Waals surface area (Å²) in [5, 5.41) is 2.86. The minimum atomic E-state index is -0.638. The lowest BCUT2D eigenvalue weighted by Crippen LogP contribution is -2.50. The van der Waals surface area contributed by atoms with Crippen LogP contribution in [0, 0.1) is 0 Å². The number of ether oxygens (including phenoxy) is 2. The minimum Gasteiger partial charge on any atom is -0.497 e. The summed E-state index contributed by atoms with van der Waals surface area (Å²) in [7, 11) is 1.60. The van der Waals surface area contributed by atoms with Gasteiger partial charge in [-0.15, -0.1) is 0 Å². The second-order valence-electron chi connectivity index (χ2n) is 6.95. The van der Waals surface area contributed by atoms with Crippen molar-refractivity contribution in [1.29, 1.82) is 0 Å². The number of nitrogens with zero attached hydrogens (tertiary/aromatic N) is 1. The van der Waals surface area contributed by atoms with Crippen molar-refractivity contribution in [2.45, 2.75) is 39.4 Å². The van der Waals surface area contributed by atoms with Gasteiger partial charge < -0.3 is 19.7 Å². The zero-order valence-corrected chi connectivity index (χ0v) is 18.7. The molecule has 0 radical (unpaired) electrons. The summed E-state index contributed by atoms with van der Waals surface area (Å²) in [6.45, 7) is 5.63. The average Bonchev–Trinajstić information content (AvgIpc) is 2.70. The van der Waals surface area contributed by atoms with Gasteiger partial charge in [0.05, 0.1) is 7.11 Å². The molecule has 2 amide bonds. The third-order valence-electron chi connectivity index (χ3n) is 4.29. The highest BCUT2D eigenvalue weighted by Gasteiger charge is 2.26. The largest absolute Gasteiger partial charge is 0.497 e. The van der Waals surface area contributed by atoms with Gasteiger partial charge in [-0.1, -0.05) is 28.1 Å². The summed E-state index contributed by atoms with van der Waals surface area (Å²) in [5.74, 6) is 0.849. The molecule has 156 valence electrons. The SMILES string of the molecule is COc1ccc(CN(C(=O)COc2ccc(Br)cc2)C(C)C(=O)NC(C)C)cc1. The van der Waals surface area contributed by atoms with E-state index in [9.17, 15) is 9.59 Å². The molecule has 0 saturated heterocycles. The van der Waals surface area contributed by atoms with Crippen LogP contribution in [-0.2, 0) is 16.1 Å². The Kier molecular flexibility index (Phi) is 8.51. The van der Waals surface area contributed by atoms with Gasteiger partial charge in [-0.25, -0.2) is 0 Å². The molecule has 2 aromatic carbocycles. The molecule has 6 nitrogen and oxygen atoms in total. The van der Waals surface area contributed by atoms with E-state index in [1.54, 1.807) is 26.2 Å². The van der Waals surface area contributed by atoms with E-state index < -0.39 is 6.04 Å². The highest BCUT2D eigenvalue weighted by atomic mass is 79.9. The van der Waals surface area contributed by atoms with Crippen molar-refractivity contribution in [3.05, 3.63) is 58.6 Å². The van der Waals surface area contributed by atoms with Crippen molar-refractivity contribution < 1.29 is 19.1 Å². The van der Waals surface area contributed by atoms with Crippen molar-refractivity contribution >= 4 is 27.7 Å². The molecule has 0 aliphatic rings. The molecule has 0 aliphatic heterocycles. The van der Waals surface area contributed by atoms with Crippen LogP contribution < -0.4 is 14.8 Å². The fourth-order valence-corrected chi connectivity index (χ4v) is 2.94. The molecular weight excluding hydrogens is 436 g/mol. The van der Waals surface area contributed by atoms with E-state index in [0.717, 1.165) is 15.8 Å². The Morgan fingerprint density at radius 2 is 1.59 bits per heavy atom. The molecule has 0 bridgehead atoms. The highest BCUT2D eigenvalue weighted by molar-refractivity contribution is 9.10. The molecule has 0 spiro atoms. The van der Waals surface area contributed by atoms with E-state index in [4.69, 9.17) is 9.47 Å². The Hall–Kier alpha value is -2.54. The van der Waals surface area contributed by atoms with Crippen molar-refractivity contribution in [1.82, 2.24) is 10.2 Å². The quantitative estimate of drug-likeness (QED) is 0.615. The molecule has 29 heavy (non-hydrogen) atoms. The van der Waals surface area contributed by atoms with Crippen LogP contribution in [0.2, 0.25) is 0 Å². The van der Waals surface area contributed by atoms with Gasteiger partial charge in [-0.3, -0.25) is 9.59 Å². The van der Waals surface area contributed by atoms with Gasteiger partial charge in [0.15, 0.2) is 6.61 Å². The fraction of sp³-hybridized carbons (Fsp3) is 0.364. The number of carbonyl (C=O) groups is 2. The number of methoxy groups -OCH3 is 1. The van der Waals surface area contributed by atoms with Crippen LogP contribution in [0.25, 0.3) is 0 Å². The number of amides is 2. The highest BCUT2D eigenvalue weighted by Crippen LogP contribution is 2.18.